The van der Waals surface area contributed by atoms with E-state index >= 15 is 0 Å². The molecule has 0 aliphatic rings. The van der Waals surface area contributed by atoms with Crippen LogP contribution in [0.4, 0.5) is 5.69 Å². The highest BCUT2D eigenvalue weighted by Gasteiger charge is 2.07. The van der Waals surface area contributed by atoms with Crippen LogP contribution in [0.25, 0.3) is 0 Å². The molecule has 4 heteroatoms. The van der Waals surface area contributed by atoms with Crippen molar-refractivity contribution in [3.63, 3.8) is 0 Å². The van der Waals surface area contributed by atoms with Crippen molar-refractivity contribution >= 4 is 24.2 Å². The van der Waals surface area contributed by atoms with Crippen LogP contribution < -0.4 is 5.32 Å². The fourth-order valence-electron chi connectivity index (χ4n) is 1.12. The van der Waals surface area contributed by atoms with Crippen LogP contribution in [0.5, 0.6) is 0 Å². The molecule has 4 nitrogen and oxygen atoms in total. The summed E-state index contributed by atoms with van der Waals surface area (Å²) in [6.45, 7) is 1.34. The number of carbonyl (C=O) groups excluding carboxylic acids is 3. The number of aldehydes is 2. The second kappa shape index (κ2) is 4.32. The number of rotatable bonds is 3. The van der Waals surface area contributed by atoms with E-state index in [1.165, 1.54) is 13.0 Å². The monoisotopic (exact) mass is 191 g/mol. The van der Waals surface area contributed by atoms with Crippen LogP contribution in [0.1, 0.15) is 27.6 Å². The molecule has 0 radical (unpaired) electrons. The highest BCUT2D eigenvalue weighted by atomic mass is 16.1. The Hall–Kier alpha value is -1.97. The normalized spacial score (nSPS) is 9.21. The summed E-state index contributed by atoms with van der Waals surface area (Å²) in [4.78, 5) is 32.0. The average molecular weight is 191 g/mol. The molecule has 72 valence electrons. The Morgan fingerprint density at radius 2 is 2.00 bits per heavy atom. The molecule has 1 N–H and O–H groups in total. The number of anilines is 1. The van der Waals surface area contributed by atoms with E-state index in [-0.39, 0.29) is 17.0 Å². The lowest BCUT2D eigenvalue weighted by Gasteiger charge is -2.06. The van der Waals surface area contributed by atoms with Crippen molar-refractivity contribution < 1.29 is 14.4 Å². The van der Waals surface area contributed by atoms with E-state index in [1.54, 1.807) is 12.1 Å². The predicted molar refractivity (Wildman–Crippen MR) is 51.5 cm³/mol. The van der Waals surface area contributed by atoms with Gasteiger partial charge in [-0.3, -0.25) is 14.4 Å². The zero-order chi connectivity index (χ0) is 10.6. The summed E-state index contributed by atoms with van der Waals surface area (Å²) in [5.74, 6) is -0.281. The summed E-state index contributed by atoms with van der Waals surface area (Å²) in [7, 11) is 0. The van der Waals surface area contributed by atoms with Crippen LogP contribution in [0.3, 0.4) is 0 Å². The van der Waals surface area contributed by atoms with Crippen molar-refractivity contribution in [2.24, 2.45) is 0 Å². The van der Waals surface area contributed by atoms with Crippen LogP contribution in [0.15, 0.2) is 18.2 Å². The van der Waals surface area contributed by atoms with Crippen molar-refractivity contribution in [2.45, 2.75) is 6.92 Å². The molecule has 1 aromatic carbocycles. The number of carbonyl (C=O) groups is 3. The van der Waals surface area contributed by atoms with Gasteiger partial charge in [0.1, 0.15) is 0 Å². The first-order chi connectivity index (χ1) is 6.69. The minimum atomic E-state index is -0.281. The van der Waals surface area contributed by atoms with Crippen molar-refractivity contribution in [2.75, 3.05) is 5.32 Å². The van der Waals surface area contributed by atoms with Crippen LogP contribution in [0.2, 0.25) is 0 Å². The molecule has 0 bridgehead atoms. The largest absolute Gasteiger partial charge is 0.326 e. The number of amides is 1. The molecular formula is C10H9NO3. The summed E-state index contributed by atoms with van der Waals surface area (Å²) < 4.78 is 0. The third-order valence-electron chi connectivity index (χ3n) is 1.70. The third kappa shape index (κ3) is 2.04. The minimum Gasteiger partial charge on any atom is -0.326 e. The van der Waals surface area contributed by atoms with Crippen LogP contribution >= 0.6 is 0 Å². The second-order valence-electron chi connectivity index (χ2n) is 2.73. The van der Waals surface area contributed by atoms with Crippen molar-refractivity contribution in [3.05, 3.63) is 29.3 Å². The van der Waals surface area contributed by atoms with E-state index in [2.05, 4.69) is 5.32 Å². The Kier molecular flexibility index (Phi) is 3.12. The van der Waals surface area contributed by atoms with Gasteiger partial charge in [0.05, 0.1) is 5.69 Å². The maximum Gasteiger partial charge on any atom is 0.221 e. The first-order valence-corrected chi connectivity index (χ1v) is 4.00. The van der Waals surface area contributed by atoms with Crippen molar-refractivity contribution in [3.8, 4) is 0 Å². The summed E-state index contributed by atoms with van der Waals surface area (Å²) in [5, 5.41) is 2.47. The van der Waals surface area contributed by atoms with Gasteiger partial charge >= 0.3 is 0 Å². The number of hydrogen-bond donors (Lipinski definition) is 1. The molecule has 0 saturated heterocycles. The molecule has 0 atom stereocenters. The zero-order valence-corrected chi connectivity index (χ0v) is 7.61. The molecule has 14 heavy (non-hydrogen) atoms. The summed E-state index contributed by atoms with van der Waals surface area (Å²) >= 11 is 0. The van der Waals surface area contributed by atoms with Gasteiger partial charge in [-0.1, -0.05) is 12.1 Å². The van der Waals surface area contributed by atoms with Gasteiger partial charge in [0.2, 0.25) is 5.91 Å². The van der Waals surface area contributed by atoms with Gasteiger partial charge in [0.25, 0.3) is 0 Å². The maximum absolute atomic E-state index is 10.8. The number of benzene rings is 1. The fourth-order valence-corrected chi connectivity index (χ4v) is 1.12. The smallest absolute Gasteiger partial charge is 0.221 e. The second-order valence-corrected chi connectivity index (χ2v) is 2.73. The minimum absolute atomic E-state index is 0.206. The molecule has 1 aromatic rings. The number of hydrogen-bond acceptors (Lipinski definition) is 3. The fraction of sp³-hybridized carbons (Fsp3) is 0.100. The highest BCUT2D eigenvalue weighted by Crippen LogP contribution is 2.16. The van der Waals surface area contributed by atoms with Crippen molar-refractivity contribution in [1.29, 1.82) is 0 Å². The lowest BCUT2D eigenvalue weighted by Crippen LogP contribution is -2.09. The van der Waals surface area contributed by atoms with E-state index < -0.39 is 0 Å². The molecule has 0 aliphatic heterocycles. The van der Waals surface area contributed by atoms with E-state index in [0.717, 1.165) is 0 Å². The summed E-state index contributed by atoms with van der Waals surface area (Å²) in [6.07, 6.45) is 1.13. The molecule has 0 unspecified atom stereocenters. The molecule has 0 spiro atoms. The molecule has 0 aliphatic carbocycles. The van der Waals surface area contributed by atoms with Gasteiger partial charge in [0, 0.05) is 18.1 Å². The van der Waals surface area contributed by atoms with E-state index in [4.69, 9.17) is 0 Å². The predicted octanol–water partition coefficient (Wildman–Crippen LogP) is 1.27. The first-order valence-electron chi connectivity index (χ1n) is 4.00. The van der Waals surface area contributed by atoms with Crippen LogP contribution in [-0.4, -0.2) is 18.5 Å². The SMILES string of the molecule is CC(=O)Nc1cccc(C=O)c1C=O. The van der Waals surface area contributed by atoms with Gasteiger partial charge in [-0.05, 0) is 6.07 Å². The molecule has 1 rings (SSSR count). The Bertz CT molecular complexity index is 385. The van der Waals surface area contributed by atoms with E-state index in [1.807, 2.05) is 0 Å². The van der Waals surface area contributed by atoms with Gasteiger partial charge in [0.15, 0.2) is 12.6 Å². The Morgan fingerprint density at radius 1 is 1.29 bits per heavy atom. The molecular weight excluding hydrogens is 182 g/mol. The van der Waals surface area contributed by atoms with Gasteiger partial charge < -0.3 is 5.32 Å². The average Bonchev–Trinajstić information content (AvgIpc) is 2.16. The number of nitrogens with one attached hydrogen (secondary N) is 1. The molecule has 0 fully saturated rings. The van der Waals surface area contributed by atoms with E-state index in [0.29, 0.717) is 18.3 Å². The summed E-state index contributed by atoms with van der Waals surface area (Å²) in [5.41, 5.74) is 0.834. The van der Waals surface area contributed by atoms with Gasteiger partial charge in [-0.15, -0.1) is 0 Å². The molecule has 0 heterocycles. The molecule has 1 amide bonds. The van der Waals surface area contributed by atoms with Crippen molar-refractivity contribution in [1.82, 2.24) is 0 Å². The Balaban J connectivity index is 3.21. The maximum atomic E-state index is 10.8. The van der Waals surface area contributed by atoms with Crippen LogP contribution in [-0.2, 0) is 4.79 Å². The topological polar surface area (TPSA) is 63.2 Å². The quantitative estimate of drug-likeness (QED) is 0.732. The highest BCUT2D eigenvalue weighted by molar-refractivity contribution is 6.00. The lowest BCUT2D eigenvalue weighted by molar-refractivity contribution is -0.114. The molecule has 0 saturated carbocycles. The zero-order valence-electron chi connectivity index (χ0n) is 7.61. The first kappa shape index (κ1) is 10.1. The molecule has 0 aromatic heterocycles. The van der Waals surface area contributed by atoms with Gasteiger partial charge in [-0.2, -0.15) is 0 Å². The summed E-state index contributed by atoms with van der Waals surface area (Å²) in [6, 6.07) is 4.68. The van der Waals surface area contributed by atoms with E-state index in [9.17, 15) is 14.4 Å². The third-order valence-corrected chi connectivity index (χ3v) is 1.70. The lowest BCUT2D eigenvalue weighted by atomic mass is 10.1. The Labute approximate surface area is 80.9 Å². The van der Waals surface area contributed by atoms with Gasteiger partial charge in [-0.25, -0.2) is 0 Å². The Morgan fingerprint density at radius 3 is 2.50 bits per heavy atom. The van der Waals surface area contributed by atoms with Crippen LogP contribution in [0, 0.1) is 0 Å². The standard InChI is InChI=1S/C10H9NO3/c1-7(14)11-10-4-2-3-8(5-12)9(10)6-13/h2-6H,1H3,(H,11,14).